The molecule has 1 aliphatic heterocycles. The summed E-state index contributed by atoms with van der Waals surface area (Å²) in [5.41, 5.74) is 0.548. The second-order valence-electron chi connectivity index (χ2n) is 7.05. The number of amides is 1. The Morgan fingerprint density at radius 2 is 1.81 bits per heavy atom. The number of nitrogens with one attached hydrogen (secondary N) is 1. The Bertz CT molecular complexity index is 780. The molecule has 0 aromatic heterocycles. The molecule has 0 aliphatic carbocycles. The van der Waals surface area contributed by atoms with Gasteiger partial charge in [-0.3, -0.25) is 9.59 Å². The van der Waals surface area contributed by atoms with Crippen molar-refractivity contribution in [2.24, 2.45) is 0 Å². The van der Waals surface area contributed by atoms with Crippen LogP contribution >= 0.6 is 0 Å². The lowest BCUT2D eigenvalue weighted by atomic mass is 9.86. The number of hydrogen-bond acceptors (Lipinski definition) is 3. The first kappa shape index (κ1) is 18.4. The Balaban J connectivity index is 1.53. The summed E-state index contributed by atoms with van der Waals surface area (Å²) in [7, 11) is 0. The van der Waals surface area contributed by atoms with Crippen molar-refractivity contribution in [1.29, 1.82) is 0 Å². The van der Waals surface area contributed by atoms with Crippen LogP contribution in [0.3, 0.4) is 0 Å². The van der Waals surface area contributed by atoms with Crippen molar-refractivity contribution in [3.8, 4) is 0 Å². The predicted octanol–water partition coefficient (Wildman–Crippen LogP) is 3.30. The molecule has 2 aromatic rings. The minimum atomic E-state index is -0.886. The fourth-order valence-electron chi connectivity index (χ4n) is 3.60. The van der Waals surface area contributed by atoms with E-state index in [9.17, 15) is 9.59 Å². The molecule has 0 spiro atoms. The molecule has 1 amide bonds. The summed E-state index contributed by atoms with van der Waals surface area (Å²) in [5, 5.41) is 14.6. The Kier molecular flexibility index (Phi) is 5.89. The molecule has 0 radical (unpaired) electrons. The quantitative estimate of drug-likeness (QED) is 0.799. The van der Waals surface area contributed by atoms with E-state index in [4.69, 9.17) is 9.84 Å². The summed E-state index contributed by atoms with van der Waals surface area (Å²) < 4.78 is 5.32. The number of carbonyl (C=O) groups is 2. The van der Waals surface area contributed by atoms with Crippen molar-refractivity contribution in [1.82, 2.24) is 5.32 Å². The van der Waals surface area contributed by atoms with E-state index in [0.717, 1.165) is 12.8 Å². The lowest BCUT2D eigenvalue weighted by molar-refractivity contribution is -0.140. The highest BCUT2D eigenvalue weighted by Crippen LogP contribution is 2.25. The van der Waals surface area contributed by atoms with E-state index in [1.807, 2.05) is 12.1 Å². The molecule has 2 N–H and O–H groups in total. The van der Waals surface area contributed by atoms with Gasteiger partial charge in [0.25, 0.3) is 0 Å². The number of carboxylic acids is 1. The van der Waals surface area contributed by atoms with Gasteiger partial charge in [0.05, 0.1) is 12.0 Å². The maximum Gasteiger partial charge on any atom is 0.305 e. The Labute approximate surface area is 153 Å². The first-order valence-electron chi connectivity index (χ1n) is 9.15. The molecule has 0 unspecified atom stereocenters. The van der Waals surface area contributed by atoms with Crippen LogP contribution in [0.2, 0.25) is 0 Å². The second kappa shape index (κ2) is 8.32. The lowest BCUT2D eigenvalue weighted by Crippen LogP contribution is -2.53. The molecule has 0 atom stereocenters. The van der Waals surface area contributed by atoms with Gasteiger partial charge >= 0.3 is 5.97 Å². The van der Waals surface area contributed by atoms with Crippen molar-refractivity contribution >= 4 is 22.6 Å². The van der Waals surface area contributed by atoms with E-state index < -0.39 is 11.5 Å². The van der Waals surface area contributed by atoms with Crippen LogP contribution in [0.25, 0.3) is 10.8 Å². The largest absolute Gasteiger partial charge is 0.481 e. The number of benzene rings is 2. The van der Waals surface area contributed by atoms with Crippen LogP contribution in [0.4, 0.5) is 0 Å². The monoisotopic (exact) mass is 355 g/mol. The van der Waals surface area contributed by atoms with Crippen LogP contribution in [0.5, 0.6) is 0 Å². The Morgan fingerprint density at radius 3 is 2.54 bits per heavy atom. The highest BCUT2D eigenvalue weighted by atomic mass is 16.5. The van der Waals surface area contributed by atoms with E-state index >= 15 is 0 Å². The van der Waals surface area contributed by atoms with Crippen LogP contribution in [-0.2, 0) is 20.7 Å². The highest BCUT2D eigenvalue weighted by Gasteiger charge is 2.36. The molecule has 5 heteroatoms. The molecular weight excluding hydrogens is 330 g/mol. The third-order valence-corrected chi connectivity index (χ3v) is 5.03. The third kappa shape index (κ3) is 4.82. The van der Waals surface area contributed by atoms with Crippen LogP contribution in [-0.4, -0.2) is 35.7 Å². The van der Waals surface area contributed by atoms with Gasteiger partial charge in [0.15, 0.2) is 0 Å². The number of carboxylic acid groups (broad SMARTS) is 1. The molecule has 26 heavy (non-hydrogen) atoms. The van der Waals surface area contributed by atoms with Crippen LogP contribution in [0.15, 0.2) is 42.5 Å². The fraction of sp³-hybridized carbons (Fsp3) is 0.429. The van der Waals surface area contributed by atoms with Gasteiger partial charge in [0.2, 0.25) is 5.91 Å². The first-order valence-corrected chi connectivity index (χ1v) is 9.15. The maximum absolute atomic E-state index is 12.4. The number of hydrogen-bond donors (Lipinski definition) is 2. The predicted molar refractivity (Wildman–Crippen MR) is 100 cm³/mol. The standard InChI is InChI=1S/C21H25NO4/c23-19(22-21(15-20(24)25)10-12-26-13-11-21)7-3-4-16-8-9-17-5-1-2-6-18(17)14-16/h1-2,5-6,8-9,14H,3-4,7,10-13,15H2,(H,22,23)(H,24,25). The summed E-state index contributed by atoms with van der Waals surface area (Å²) >= 11 is 0. The molecule has 0 saturated carbocycles. The maximum atomic E-state index is 12.4. The van der Waals surface area contributed by atoms with Gasteiger partial charge in [-0.25, -0.2) is 0 Å². The van der Waals surface area contributed by atoms with Crippen molar-refractivity contribution in [2.75, 3.05) is 13.2 Å². The van der Waals surface area contributed by atoms with E-state index in [1.165, 1.54) is 16.3 Å². The summed E-state index contributed by atoms with van der Waals surface area (Å²) in [5.74, 6) is -0.961. The van der Waals surface area contributed by atoms with Gasteiger partial charge in [-0.1, -0.05) is 42.5 Å². The van der Waals surface area contributed by atoms with Crippen molar-refractivity contribution in [2.45, 2.75) is 44.1 Å². The van der Waals surface area contributed by atoms with Gasteiger partial charge < -0.3 is 15.2 Å². The number of aliphatic carboxylic acids is 1. The fourth-order valence-corrected chi connectivity index (χ4v) is 3.60. The lowest BCUT2D eigenvalue weighted by Gasteiger charge is -2.36. The molecular formula is C21H25NO4. The topological polar surface area (TPSA) is 75.6 Å². The SMILES string of the molecule is O=C(O)CC1(NC(=O)CCCc2ccc3ccccc3c2)CCOCC1. The highest BCUT2D eigenvalue weighted by molar-refractivity contribution is 5.83. The number of rotatable bonds is 7. The Hall–Kier alpha value is -2.40. The molecule has 138 valence electrons. The van der Waals surface area contributed by atoms with Crippen molar-refractivity contribution in [3.63, 3.8) is 0 Å². The molecule has 1 saturated heterocycles. The average Bonchev–Trinajstić information content (AvgIpc) is 2.61. The number of aryl methyl sites for hydroxylation is 1. The van der Waals surface area contributed by atoms with Crippen molar-refractivity contribution < 1.29 is 19.4 Å². The summed E-state index contributed by atoms with van der Waals surface area (Å²) in [6.07, 6.45) is 3.02. The van der Waals surface area contributed by atoms with Crippen LogP contribution < -0.4 is 5.32 Å². The zero-order chi connectivity index (χ0) is 18.4. The van der Waals surface area contributed by atoms with Gasteiger partial charge in [-0.15, -0.1) is 0 Å². The van der Waals surface area contributed by atoms with E-state index in [-0.39, 0.29) is 12.3 Å². The molecule has 1 heterocycles. The van der Waals surface area contributed by atoms with Gasteiger partial charge in [0.1, 0.15) is 0 Å². The Morgan fingerprint density at radius 1 is 1.08 bits per heavy atom. The van der Waals surface area contributed by atoms with Crippen molar-refractivity contribution in [3.05, 3.63) is 48.0 Å². The third-order valence-electron chi connectivity index (χ3n) is 5.03. The number of carbonyl (C=O) groups excluding carboxylic acids is 1. The van der Waals surface area contributed by atoms with E-state index in [0.29, 0.717) is 32.5 Å². The minimum absolute atomic E-state index is 0.0488. The molecule has 0 bridgehead atoms. The minimum Gasteiger partial charge on any atom is -0.481 e. The van der Waals surface area contributed by atoms with Gasteiger partial charge in [-0.05, 0) is 42.0 Å². The molecule has 1 fully saturated rings. The zero-order valence-corrected chi connectivity index (χ0v) is 14.9. The number of fused-ring (bicyclic) bond motifs is 1. The average molecular weight is 355 g/mol. The second-order valence-corrected chi connectivity index (χ2v) is 7.05. The van der Waals surface area contributed by atoms with E-state index in [1.54, 1.807) is 0 Å². The molecule has 3 rings (SSSR count). The number of ether oxygens (including phenoxy) is 1. The first-order chi connectivity index (χ1) is 12.6. The van der Waals surface area contributed by atoms with E-state index in [2.05, 4.69) is 35.6 Å². The normalized spacial score (nSPS) is 16.3. The van der Waals surface area contributed by atoms with Crippen LogP contribution in [0.1, 0.15) is 37.7 Å². The zero-order valence-electron chi connectivity index (χ0n) is 14.9. The molecule has 1 aliphatic rings. The summed E-state index contributed by atoms with van der Waals surface area (Å²) in [6, 6.07) is 14.6. The van der Waals surface area contributed by atoms with Gasteiger partial charge in [0, 0.05) is 19.6 Å². The van der Waals surface area contributed by atoms with Crippen LogP contribution in [0, 0.1) is 0 Å². The summed E-state index contributed by atoms with van der Waals surface area (Å²) in [4.78, 5) is 23.5. The summed E-state index contributed by atoms with van der Waals surface area (Å²) in [6.45, 7) is 0.981. The molecule has 2 aromatic carbocycles. The smallest absolute Gasteiger partial charge is 0.305 e. The molecule has 5 nitrogen and oxygen atoms in total. The van der Waals surface area contributed by atoms with Gasteiger partial charge in [-0.2, -0.15) is 0 Å².